The number of amides is 3. The Morgan fingerprint density at radius 3 is 2.74 bits per heavy atom. The Balaban J connectivity index is 1.56. The molecule has 0 aliphatic carbocycles. The highest BCUT2D eigenvalue weighted by molar-refractivity contribution is 5.92. The summed E-state index contributed by atoms with van der Waals surface area (Å²) < 4.78 is 4.97. The van der Waals surface area contributed by atoms with Gasteiger partial charge in [-0.1, -0.05) is 0 Å². The summed E-state index contributed by atoms with van der Waals surface area (Å²) in [6.45, 7) is 4.06. The number of hydrogen-bond acceptors (Lipinski definition) is 4. The van der Waals surface area contributed by atoms with Crippen molar-refractivity contribution in [3.63, 3.8) is 0 Å². The number of benzene rings is 1. The maximum atomic E-state index is 12.3. The Labute approximate surface area is 133 Å². The second-order valence-electron chi connectivity index (χ2n) is 5.28. The standard InChI is InChI=1S/C15H19N5O3/c1-2-23-15(22)20-7-5-19(6-8-20)14(21)17-12-3-4-13-11(9-12)10-16-18-13/h3-4,9-10H,2,5-8H2,1H3,(H,16,18)(H,17,21). The third-order valence-electron chi connectivity index (χ3n) is 3.78. The fraction of sp³-hybridized carbons (Fsp3) is 0.400. The van der Waals surface area contributed by atoms with Crippen LogP contribution in [0.2, 0.25) is 0 Å². The van der Waals surface area contributed by atoms with Gasteiger partial charge in [0.25, 0.3) is 0 Å². The predicted molar refractivity (Wildman–Crippen MR) is 85.3 cm³/mol. The molecule has 1 aromatic carbocycles. The van der Waals surface area contributed by atoms with Crippen molar-refractivity contribution in [3.05, 3.63) is 24.4 Å². The Bertz CT molecular complexity index is 706. The second-order valence-corrected chi connectivity index (χ2v) is 5.28. The zero-order chi connectivity index (χ0) is 16.2. The normalized spacial score (nSPS) is 14.8. The van der Waals surface area contributed by atoms with Gasteiger partial charge in [-0.15, -0.1) is 0 Å². The summed E-state index contributed by atoms with van der Waals surface area (Å²) in [5, 5.41) is 10.6. The largest absolute Gasteiger partial charge is 0.450 e. The molecule has 8 heteroatoms. The number of nitrogens with one attached hydrogen (secondary N) is 2. The molecule has 3 rings (SSSR count). The molecule has 2 aromatic rings. The quantitative estimate of drug-likeness (QED) is 0.884. The van der Waals surface area contributed by atoms with Crippen molar-refractivity contribution in [2.45, 2.75) is 6.92 Å². The van der Waals surface area contributed by atoms with Crippen molar-refractivity contribution < 1.29 is 14.3 Å². The molecule has 0 radical (unpaired) electrons. The molecule has 0 unspecified atom stereocenters. The number of piperazine rings is 1. The van der Waals surface area contributed by atoms with E-state index in [1.807, 2.05) is 18.2 Å². The highest BCUT2D eigenvalue weighted by atomic mass is 16.6. The van der Waals surface area contributed by atoms with Crippen molar-refractivity contribution in [2.24, 2.45) is 0 Å². The van der Waals surface area contributed by atoms with E-state index in [0.717, 1.165) is 16.6 Å². The molecule has 0 spiro atoms. The van der Waals surface area contributed by atoms with E-state index in [0.29, 0.717) is 32.8 Å². The van der Waals surface area contributed by atoms with E-state index in [1.54, 1.807) is 22.9 Å². The van der Waals surface area contributed by atoms with Gasteiger partial charge in [-0.3, -0.25) is 5.10 Å². The molecule has 2 N–H and O–H groups in total. The molecule has 1 fully saturated rings. The number of fused-ring (bicyclic) bond motifs is 1. The number of carbonyl (C=O) groups is 2. The minimum Gasteiger partial charge on any atom is -0.450 e. The van der Waals surface area contributed by atoms with Crippen LogP contribution in [0.4, 0.5) is 15.3 Å². The predicted octanol–water partition coefficient (Wildman–Crippen LogP) is 1.87. The summed E-state index contributed by atoms with van der Waals surface area (Å²) in [5.74, 6) is 0. The van der Waals surface area contributed by atoms with Crippen molar-refractivity contribution >= 4 is 28.7 Å². The molecule has 1 saturated heterocycles. The fourth-order valence-corrected chi connectivity index (χ4v) is 2.53. The monoisotopic (exact) mass is 317 g/mol. The number of nitrogens with zero attached hydrogens (tertiary/aromatic N) is 3. The third kappa shape index (κ3) is 3.36. The summed E-state index contributed by atoms with van der Waals surface area (Å²) in [4.78, 5) is 27.2. The number of carbonyl (C=O) groups excluding carboxylic acids is 2. The van der Waals surface area contributed by atoms with E-state index in [2.05, 4.69) is 15.5 Å². The number of aromatic amines is 1. The smallest absolute Gasteiger partial charge is 0.409 e. The number of hydrogen-bond donors (Lipinski definition) is 2. The van der Waals surface area contributed by atoms with Crippen LogP contribution in [0.5, 0.6) is 0 Å². The minimum atomic E-state index is -0.321. The number of rotatable bonds is 2. The molecular formula is C15H19N5O3. The van der Waals surface area contributed by atoms with Crippen LogP contribution in [-0.2, 0) is 4.74 Å². The zero-order valence-corrected chi connectivity index (χ0v) is 12.9. The van der Waals surface area contributed by atoms with Gasteiger partial charge < -0.3 is 19.9 Å². The van der Waals surface area contributed by atoms with E-state index >= 15 is 0 Å². The van der Waals surface area contributed by atoms with Crippen LogP contribution in [0.25, 0.3) is 10.9 Å². The van der Waals surface area contributed by atoms with Gasteiger partial charge in [-0.05, 0) is 25.1 Å². The first-order chi connectivity index (χ1) is 11.2. The maximum absolute atomic E-state index is 12.3. The van der Waals surface area contributed by atoms with Gasteiger partial charge in [0.15, 0.2) is 0 Å². The van der Waals surface area contributed by atoms with Gasteiger partial charge in [0, 0.05) is 37.3 Å². The summed E-state index contributed by atoms with van der Waals surface area (Å²) >= 11 is 0. The lowest BCUT2D eigenvalue weighted by molar-refractivity contribution is 0.0868. The average Bonchev–Trinajstić information content (AvgIpc) is 3.03. The topological polar surface area (TPSA) is 90.6 Å². The molecular weight excluding hydrogens is 298 g/mol. The third-order valence-corrected chi connectivity index (χ3v) is 3.78. The molecule has 1 aliphatic heterocycles. The van der Waals surface area contributed by atoms with Crippen molar-refractivity contribution in [1.82, 2.24) is 20.0 Å². The number of H-pyrrole nitrogens is 1. The first kappa shape index (κ1) is 15.1. The van der Waals surface area contributed by atoms with Crippen LogP contribution in [0.1, 0.15) is 6.92 Å². The molecule has 2 heterocycles. The van der Waals surface area contributed by atoms with Gasteiger partial charge in [0.2, 0.25) is 0 Å². The summed E-state index contributed by atoms with van der Waals surface area (Å²) in [5.41, 5.74) is 1.64. The van der Waals surface area contributed by atoms with Crippen LogP contribution in [0.15, 0.2) is 24.4 Å². The molecule has 23 heavy (non-hydrogen) atoms. The molecule has 1 aromatic heterocycles. The summed E-state index contributed by atoms with van der Waals surface area (Å²) in [7, 11) is 0. The van der Waals surface area contributed by atoms with Crippen LogP contribution >= 0.6 is 0 Å². The van der Waals surface area contributed by atoms with Gasteiger partial charge in [-0.25, -0.2) is 9.59 Å². The Morgan fingerprint density at radius 1 is 1.26 bits per heavy atom. The van der Waals surface area contributed by atoms with Gasteiger partial charge in [0.1, 0.15) is 0 Å². The van der Waals surface area contributed by atoms with Gasteiger partial charge in [-0.2, -0.15) is 5.10 Å². The lowest BCUT2D eigenvalue weighted by atomic mass is 10.2. The molecule has 0 atom stereocenters. The molecule has 8 nitrogen and oxygen atoms in total. The molecule has 0 bridgehead atoms. The van der Waals surface area contributed by atoms with E-state index in [-0.39, 0.29) is 12.1 Å². The highest BCUT2D eigenvalue weighted by Crippen LogP contribution is 2.17. The van der Waals surface area contributed by atoms with Crippen molar-refractivity contribution in [3.8, 4) is 0 Å². The Kier molecular flexibility index (Phi) is 4.31. The van der Waals surface area contributed by atoms with Gasteiger partial charge in [0.05, 0.1) is 18.3 Å². The summed E-state index contributed by atoms with van der Waals surface area (Å²) in [6, 6.07) is 5.39. The Morgan fingerprint density at radius 2 is 2.00 bits per heavy atom. The lowest BCUT2D eigenvalue weighted by Crippen LogP contribution is -2.51. The number of urea groups is 1. The SMILES string of the molecule is CCOC(=O)N1CCN(C(=O)Nc2ccc3[nH]ncc3c2)CC1. The summed E-state index contributed by atoms with van der Waals surface area (Å²) in [6.07, 6.45) is 1.39. The lowest BCUT2D eigenvalue weighted by Gasteiger charge is -2.34. The number of anilines is 1. The fourth-order valence-electron chi connectivity index (χ4n) is 2.53. The maximum Gasteiger partial charge on any atom is 0.409 e. The Hall–Kier alpha value is -2.77. The number of aromatic nitrogens is 2. The molecule has 1 aliphatic rings. The van der Waals surface area contributed by atoms with Crippen LogP contribution in [0.3, 0.4) is 0 Å². The van der Waals surface area contributed by atoms with Crippen LogP contribution in [0, 0.1) is 0 Å². The van der Waals surface area contributed by atoms with Crippen molar-refractivity contribution in [1.29, 1.82) is 0 Å². The number of ether oxygens (including phenoxy) is 1. The van der Waals surface area contributed by atoms with E-state index < -0.39 is 0 Å². The van der Waals surface area contributed by atoms with Gasteiger partial charge >= 0.3 is 12.1 Å². The van der Waals surface area contributed by atoms with E-state index in [4.69, 9.17) is 4.74 Å². The molecule has 122 valence electrons. The molecule has 3 amide bonds. The molecule has 0 saturated carbocycles. The van der Waals surface area contributed by atoms with E-state index in [9.17, 15) is 9.59 Å². The second kappa shape index (κ2) is 6.55. The zero-order valence-electron chi connectivity index (χ0n) is 12.9. The van der Waals surface area contributed by atoms with Crippen molar-refractivity contribution in [2.75, 3.05) is 38.1 Å². The first-order valence-corrected chi connectivity index (χ1v) is 7.58. The first-order valence-electron chi connectivity index (χ1n) is 7.58. The minimum absolute atomic E-state index is 0.170. The van der Waals surface area contributed by atoms with Crippen LogP contribution < -0.4 is 5.32 Å². The highest BCUT2D eigenvalue weighted by Gasteiger charge is 2.24. The van der Waals surface area contributed by atoms with Crippen LogP contribution in [-0.4, -0.2) is 64.9 Å². The van der Waals surface area contributed by atoms with E-state index in [1.165, 1.54) is 0 Å². The average molecular weight is 317 g/mol.